The predicted octanol–water partition coefficient (Wildman–Crippen LogP) is 2.01. The van der Waals surface area contributed by atoms with Gasteiger partial charge in [0, 0.05) is 51.3 Å². The van der Waals surface area contributed by atoms with E-state index in [1.165, 1.54) is 12.1 Å². The van der Waals surface area contributed by atoms with Gasteiger partial charge in [-0.1, -0.05) is 0 Å². The van der Waals surface area contributed by atoms with E-state index in [4.69, 9.17) is 0 Å². The van der Waals surface area contributed by atoms with Crippen LogP contribution in [0, 0.1) is 25.6 Å². The molecule has 0 spiro atoms. The highest BCUT2D eigenvalue weighted by atomic mass is 19.1. The molecule has 3 heterocycles. The van der Waals surface area contributed by atoms with Gasteiger partial charge in [-0.25, -0.2) is 14.4 Å². The van der Waals surface area contributed by atoms with Gasteiger partial charge in [0.1, 0.15) is 11.3 Å². The smallest absolute Gasteiger partial charge is 0.256 e. The van der Waals surface area contributed by atoms with Gasteiger partial charge in [0.05, 0.1) is 22.5 Å². The van der Waals surface area contributed by atoms with E-state index in [1.54, 1.807) is 4.90 Å². The number of hydrogen-bond acceptors (Lipinski definition) is 5. The molecule has 0 bridgehead atoms. The Balaban J connectivity index is 1.47. The van der Waals surface area contributed by atoms with Crippen LogP contribution in [0.4, 0.5) is 4.39 Å². The van der Waals surface area contributed by atoms with Crippen molar-refractivity contribution >= 4 is 22.8 Å². The fourth-order valence-corrected chi connectivity index (χ4v) is 4.25. The van der Waals surface area contributed by atoms with Crippen LogP contribution in [0.2, 0.25) is 0 Å². The number of aryl methyl sites for hydroxylation is 2. The summed E-state index contributed by atoms with van der Waals surface area (Å²) in [7, 11) is 2.06. The summed E-state index contributed by atoms with van der Waals surface area (Å²) in [5, 5.41) is 0. The molecule has 2 aromatic rings. The lowest BCUT2D eigenvalue weighted by molar-refractivity contribution is -0.138. The Morgan fingerprint density at radius 3 is 2.23 bits per heavy atom. The SMILES string of the molecule is Cc1nc2cc(F)cc(C(=O)N3CCC(C(=O)N4CCN(C)CC4)CC3)c2nc1C. The van der Waals surface area contributed by atoms with E-state index in [1.807, 2.05) is 18.7 Å². The Labute approximate surface area is 175 Å². The molecule has 0 aliphatic carbocycles. The first-order valence-corrected chi connectivity index (χ1v) is 10.5. The van der Waals surface area contributed by atoms with Gasteiger partial charge in [-0.05, 0) is 39.8 Å². The van der Waals surface area contributed by atoms with Crippen LogP contribution in [0.3, 0.4) is 0 Å². The third kappa shape index (κ3) is 4.01. The summed E-state index contributed by atoms with van der Waals surface area (Å²) in [5.74, 6) is -0.596. The molecule has 0 radical (unpaired) electrons. The molecule has 2 saturated heterocycles. The van der Waals surface area contributed by atoms with Gasteiger partial charge in [-0.3, -0.25) is 9.59 Å². The van der Waals surface area contributed by atoms with Gasteiger partial charge >= 0.3 is 0 Å². The minimum atomic E-state index is -0.497. The zero-order valence-corrected chi connectivity index (χ0v) is 17.8. The van der Waals surface area contributed by atoms with Gasteiger partial charge < -0.3 is 14.7 Å². The molecule has 2 fully saturated rings. The van der Waals surface area contributed by atoms with Gasteiger partial charge in [-0.2, -0.15) is 0 Å². The van der Waals surface area contributed by atoms with Crippen LogP contribution in [0.15, 0.2) is 12.1 Å². The predicted molar refractivity (Wildman–Crippen MR) is 112 cm³/mol. The van der Waals surface area contributed by atoms with Crippen LogP contribution in [-0.4, -0.2) is 82.8 Å². The van der Waals surface area contributed by atoms with Crippen molar-refractivity contribution in [2.75, 3.05) is 46.3 Å². The van der Waals surface area contributed by atoms with Crippen LogP contribution >= 0.6 is 0 Å². The van der Waals surface area contributed by atoms with Gasteiger partial charge in [0.2, 0.25) is 5.91 Å². The number of rotatable bonds is 2. The van der Waals surface area contributed by atoms with Crippen LogP contribution in [-0.2, 0) is 4.79 Å². The summed E-state index contributed by atoms with van der Waals surface area (Å²) in [6.45, 7) is 7.94. The molecular weight excluding hydrogens is 385 g/mol. The van der Waals surface area contributed by atoms with Crippen molar-refractivity contribution in [1.82, 2.24) is 24.7 Å². The Kier molecular flexibility index (Phi) is 5.69. The minimum absolute atomic E-state index is 0.0496. The van der Waals surface area contributed by atoms with E-state index in [-0.39, 0.29) is 23.3 Å². The lowest BCUT2D eigenvalue weighted by atomic mass is 9.94. The van der Waals surface area contributed by atoms with Crippen LogP contribution < -0.4 is 0 Å². The number of piperidine rings is 1. The number of halogens is 1. The summed E-state index contributed by atoms with van der Waals surface area (Å²) in [6, 6.07) is 2.56. The van der Waals surface area contributed by atoms with Crippen molar-refractivity contribution in [2.24, 2.45) is 5.92 Å². The third-order valence-electron chi connectivity index (χ3n) is 6.32. The number of carbonyl (C=O) groups excluding carboxylic acids is 2. The minimum Gasteiger partial charge on any atom is -0.340 e. The molecule has 7 nitrogen and oxygen atoms in total. The first kappa shape index (κ1) is 20.7. The topological polar surface area (TPSA) is 69.6 Å². The highest BCUT2D eigenvalue weighted by Gasteiger charge is 2.32. The molecular formula is C22H28FN5O2. The largest absolute Gasteiger partial charge is 0.340 e. The van der Waals surface area contributed by atoms with E-state index in [0.29, 0.717) is 37.0 Å². The maximum Gasteiger partial charge on any atom is 0.256 e. The van der Waals surface area contributed by atoms with Crippen molar-refractivity contribution in [3.05, 3.63) is 34.9 Å². The Bertz CT molecular complexity index is 979. The third-order valence-corrected chi connectivity index (χ3v) is 6.32. The second kappa shape index (κ2) is 8.26. The van der Waals surface area contributed by atoms with Crippen LogP contribution in [0.5, 0.6) is 0 Å². The number of carbonyl (C=O) groups is 2. The Morgan fingerprint density at radius 2 is 1.57 bits per heavy atom. The normalized spacial score (nSPS) is 18.8. The molecule has 1 aromatic heterocycles. The van der Waals surface area contributed by atoms with Crippen LogP contribution in [0.1, 0.15) is 34.6 Å². The molecule has 0 saturated carbocycles. The fraction of sp³-hybridized carbons (Fsp3) is 0.545. The first-order valence-electron chi connectivity index (χ1n) is 10.5. The molecule has 8 heteroatoms. The quantitative estimate of drug-likeness (QED) is 0.753. The number of benzene rings is 1. The number of likely N-dealkylation sites (tertiary alicyclic amines) is 1. The monoisotopic (exact) mass is 413 g/mol. The molecule has 4 rings (SSSR count). The molecule has 160 valence electrons. The lowest BCUT2D eigenvalue weighted by Gasteiger charge is -2.37. The van der Waals surface area contributed by atoms with Gasteiger partial charge in [-0.15, -0.1) is 0 Å². The van der Waals surface area contributed by atoms with Gasteiger partial charge in [0.15, 0.2) is 0 Å². The molecule has 2 aliphatic rings. The van der Waals surface area contributed by atoms with E-state index < -0.39 is 5.82 Å². The summed E-state index contributed by atoms with van der Waals surface area (Å²) >= 11 is 0. The Hall–Kier alpha value is -2.61. The molecule has 0 unspecified atom stereocenters. The van der Waals surface area contributed by atoms with Gasteiger partial charge in [0.25, 0.3) is 5.91 Å². The number of likely N-dealkylation sites (N-methyl/N-ethyl adjacent to an activating group) is 1. The molecule has 1 aromatic carbocycles. The summed E-state index contributed by atoms with van der Waals surface area (Å²) in [5.41, 5.74) is 2.50. The van der Waals surface area contributed by atoms with E-state index in [9.17, 15) is 14.0 Å². The molecule has 0 N–H and O–H groups in total. The summed E-state index contributed by atoms with van der Waals surface area (Å²) < 4.78 is 14.2. The second-order valence-corrected chi connectivity index (χ2v) is 8.41. The zero-order chi connectivity index (χ0) is 21.4. The molecule has 2 aliphatic heterocycles. The lowest BCUT2D eigenvalue weighted by Crippen LogP contribution is -2.51. The average Bonchev–Trinajstić information content (AvgIpc) is 2.74. The van der Waals surface area contributed by atoms with E-state index >= 15 is 0 Å². The fourth-order valence-electron chi connectivity index (χ4n) is 4.25. The van der Waals surface area contributed by atoms with Crippen molar-refractivity contribution < 1.29 is 14.0 Å². The number of nitrogens with zero attached hydrogens (tertiary/aromatic N) is 5. The molecule has 30 heavy (non-hydrogen) atoms. The van der Waals surface area contributed by atoms with Crippen molar-refractivity contribution in [1.29, 1.82) is 0 Å². The standard InChI is InChI=1S/C22H28FN5O2/c1-14-15(2)25-20-18(12-17(23)13-19(20)24-14)22(30)27-6-4-16(5-7-27)21(29)28-10-8-26(3)9-11-28/h12-13,16H,4-11H2,1-3H3. The number of fused-ring (bicyclic) bond motifs is 1. The number of amides is 2. The molecule has 0 atom stereocenters. The highest BCUT2D eigenvalue weighted by molar-refractivity contribution is 6.04. The maximum absolute atomic E-state index is 14.2. The zero-order valence-electron chi connectivity index (χ0n) is 17.8. The number of piperazine rings is 1. The maximum atomic E-state index is 14.2. The summed E-state index contributed by atoms with van der Waals surface area (Å²) in [6.07, 6.45) is 1.27. The average molecular weight is 413 g/mol. The number of aromatic nitrogens is 2. The van der Waals surface area contributed by atoms with Crippen molar-refractivity contribution in [2.45, 2.75) is 26.7 Å². The van der Waals surface area contributed by atoms with Crippen molar-refractivity contribution in [3.8, 4) is 0 Å². The van der Waals surface area contributed by atoms with E-state index in [2.05, 4.69) is 21.9 Å². The summed E-state index contributed by atoms with van der Waals surface area (Å²) in [4.78, 5) is 40.8. The van der Waals surface area contributed by atoms with E-state index in [0.717, 1.165) is 37.6 Å². The second-order valence-electron chi connectivity index (χ2n) is 8.41. The highest BCUT2D eigenvalue weighted by Crippen LogP contribution is 2.25. The van der Waals surface area contributed by atoms with Crippen molar-refractivity contribution in [3.63, 3.8) is 0 Å². The first-order chi connectivity index (χ1) is 14.3. The van der Waals surface area contributed by atoms with Crippen LogP contribution in [0.25, 0.3) is 11.0 Å². The Morgan fingerprint density at radius 1 is 0.933 bits per heavy atom. The molecule has 2 amide bonds. The number of hydrogen-bond donors (Lipinski definition) is 0.